The van der Waals surface area contributed by atoms with Crippen LogP contribution in [0.4, 0.5) is 0 Å². The van der Waals surface area contributed by atoms with Crippen LogP contribution in [0.1, 0.15) is 18.3 Å². The average molecular weight is 183 g/mol. The van der Waals surface area contributed by atoms with Crippen LogP contribution in [0.15, 0.2) is 0 Å². The van der Waals surface area contributed by atoms with E-state index in [1.165, 1.54) is 7.11 Å². The number of ether oxygens (including phenoxy) is 1. The number of methoxy groups -OCH3 is 1. The molecule has 0 saturated carbocycles. The lowest BCUT2D eigenvalue weighted by molar-refractivity contribution is 0.338. The average Bonchev–Trinajstić information content (AvgIpc) is 2.12. The van der Waals surface area contributed by atoms with Gasteiger partial charge in [0.15, 0.2) is 11.5 Å². The normalized spacial score (nSPS) is 10.1. The number of nitrogens with zero attached hydrogens (tertiary/aromatic N) is 1. The van der Waals surface area contributed by atoms with Crippen LogP contribution >= 0.6 is 0 Å². The predicted octanol–water partition coefficient (Wildman–Crippen LogP) is 1.37. The second-order valence-electron chi connectivity index (χ2n) is 2.73. The van der Waals surface area contributed by atoms with Gasteiger partial charge in [0, 0.05) is 0 Å². The van der Waals surface area contributed by atoms with Crippen molar-refractivity contribution in [3.05, 3.63) is 11.4 Å². The van der Waals surface area contributed by atoms with Crippen molar-refractivity contribution in [3.8, 4) is 17.2 Å². The highest BCUT2D eigenvalue weighted by atomic mass is 16.5. The van der Waals surface area contributed by atoms with Gasteiger partial charge in [-0.05, 0) is 13.3 Å². The third-order valence-electron chi connectivity index (χ3n) is 1.89. The Morgan fingerprint density at radius 3 is 2.38 bits per heavy atom. The SMILES string of the molecule is CCc1nc(C)c(O)c(OC)c1O. The van der Waals surface area contributed by atoms with E-state index < -0.39 is 0 Å². The molecular formula is C9H13NO3. The molecule has 0 saturated heterocycles. The summed E-state index contributed by atoms with van der Waals surface area (Å²) >= 11 is 0. The molecular weight excluding hydrogens is 170 g/mol. The van der Waals surface area contributed by atoms with E-state index in [-0.39, 0.29) is 17.2 Å². The number of pyridine rings is 1. The van der Waals surface area contributed by atoms with Gasteiger partial charge >= 0.3 is 0 Å². The van der Waals surface area contributed by atoms with Crippen molar-refractivity contribution >= 4 is 0 Å². The van der Waals surface area contributed by atoms with Gasteiger partial charge in [0.05, 0.1) is 18.5 Å². The molecule has 13 heavy (non-hydrogen) atoms. The molecule has 2 N–H and O–H groups in total. The van der Waals surface area contributed by atoms with E-state index in [1.807, 2.05) is 6.92 Å². The lowest BCUT2D eigenvalue weighted by Crippen LogP contribution is -1.96. The van der Waals surface area contributed by atoms with Gasteiger partial charge < -0.3 is 14.9 Å². The number of hydrogen-bond donors (Lipinski definition) is 2. The maximum absolute atomic E-state index is 9.55. The van der Waals surface area contributed by atoms with E-state index in [1.54, 1.807) is 6.92 Å². The summed E-state index contributed by atoms with van der Waals surface area (Å²) < 4.78 is 4.86. The van der Waals surface area contributed by atoms with Gasteiger partial charge in [-0.3, -0.25) is 4.98 Å². The van der Waals surface area contributed by atoms with E-state index in [9.17, 15) is 10.2 Å². The Kier molecular flexibility index (Phi) is 2.60. The zero-order chi connectivity index (χ0) is 10.0. The Bertz CT molecular complexity index is 323. The fourth-order valence-electron chi connectivity index (χ4n) is 1.16. The predicted molar refractivity (Wildman–Crippen MR) is 48.2 cm³/mol. The van der Waals surface area contributed by atoms with Gasteiger partial charge in [-0.15, -0.1) is 0 Å². The quantitative estimate of drug-likeness (QED) is 0.727. The molecule has 0 amide bonds. The maximum atomic E-state index is 9.55. The van der Waals surface area contributed by atoms with Crippen molar-refractivity contribution in [2.24, 2.45) is 0 Å². The summed E-state index contributed by atoms with van der Waals surface area (Å²) in [5.41, 5.74) is 0.999. The van der Waals surface area contributed by atoms with Crippen LogP contribution in [-0.4, -0.2) is 22.3 Å². The molecule has 0 spiro atoms. The fourth-order valence-corrected chi connectivity index (χ4v) is 1.16. The van der Waals surface area contributed by atoms with Gasteiger partial charge in [-0.25, -0.2) is 0 Å². The van der Waals surface area contributed by atoms with Crippen LogP contribution in [0, 0.1) is 6.92 Å². The molecule has 0 aliphatic rings. The largest absolute Gasteiger partial charge is 0.503 e. The molecule has 1 heterocycles. The summed E-state index contributed by atoms with van der Waals surface area (Å²) in [6.45, 7) is 3.54. The maximum Gasteiger partial charge on any atom is 0.206 e. The molecule has 1 aromatic heterocycles. The molecule has 1 rings (SSSR count). The Hall–Kier alpha value is -1.45. The Labute approximate surface area is 76.8 Å². The minimum atomic E-state index is -0.0998. The number of hydrogen-bond acceptors (Lipinski definition) is 4. The highest BCUT2D eigenvalue weighted by Gasteiger charge is 2.15. The van der Waals surface area contributed by atoms with Crippen molar-refractivity contribution in [1.29, 1.82) is 0 Å². The molecule has 0 atom stereocenters. The molecule has 0 aromatic carbocycles. The molecule has 0 aliphatic heterocycles. The van der Waals surface area contributed by atoms with Crippen LogP contribution in [0.25, 0.3) is 0 Å². The van der Waals surface area contributed by atoms with Gasteiger partial charge in [0.25, 0.3) is 0 Å². The van der Waals surface area contributed by atoms with Gasteiger partial charge in [-0.2, -0.15) is 0 Å². The van der Waals surface area contributed by atoms with E-state index in [0.717, 1.165) is 0 Å². The molecule has 72 valence electrons. The summed E-state index contributed by atoms with van der Waals surface area (Å²) in [5, 5.41) is 19.0. The molecule has 0 radical (unpaired) electrons. The first-order chi connectivity index (χ1) is 6.11. The van der Waals surface area contributed by atoms with Crippen LogP contribution in [-0.2, 0) is 6.42 Å². The number of aromatic nitrogens is 1. The molecule has 0 fully saturated rings. The Morgan fingerprint density at radius 2 is 1.92 bits per heavy atom. The topological polar surface area (TPSA) is 62.6 Å². The summed E-state index contributed by atoms with van der Waals surface area (Å²) in [4.78, 5) is 4.02. The van der Waals surface area contributed by atoms with E-state index in [4.69, 9.17) is 4.74 Å². The number of aromatic hydroxyl groups is 2. The van der Waals surface area contributed by atoms with Gasteiger partial charge in [-0.1, -0.05) is 6.92 Å². The molecule has 4 heteroatoms. The van der Waals surface area contributed by atoms with E-state index in [0.29, 0.717) is 17.8 Å². The summed E-state index contributed by atoms with van der Waals surface area (Å²) in [6.07, 6.45) is 0.601. The third-order valence-corrected chi connectivity index (χ3v) is 1.89. The van der Waals surface area contributed by atoms with Crippen molar-refractivity contribution < 1.29 is 14.9 Å². The lowest BCUT2D eigenvalue weighted by Gasteiger charge is -2.10. The summed E-state index contributed by atoms with van der Waals surface area (Å²) in [6, 6.07) is 0. The molecule has 1 aromatic rings. The summed E-state index contributed by atoms with van der Waals surface area (Å²) in [7, 11) is 1.40. The molecule has 0 unspecified atom stereocenters. The first-order valence-electron chi connectivity index (χ1n) is 4.07. The van der Waals surface area contributed by atoms with Crippen LogP contribution in [0.5, 0.6) is 17.2 Å². The first kappa shape index (κ1) is 9.64. The smallest absolute Gasteiger partial charge is 0.206 e. The van der Waals surface area contributed by atoms with Crippen LogP contribution in [0.3, 0.4) is 0 Å². The minimum absolute atomic E-state index is 0.0758. The van der Waals surface area contributed by atoms with Crippen LogP contribution in [0.2, 0.25) is 0 Å². The highest BCUT2D eigenvalue weighted by Crippen LogP contribution is 2.39. The third kappa shape index (κ3) is 1.52. The lowest BCUT2D eigenvalue weighted by atomic mass is 10.2. The fraction of sp³-hybridized carbons (Fsp3) is 0.444. The minimum Gasteiger partial charge on any atom is -0.503 e. The zero-order valence-electron chi connectivity index (χ0n) is 7.96. The standard InChI is InChI=1S/C9H13NO3/c1-4-6-8(12)9(13-3)7(11)5(2)10-6/h11-12H,4H2,1-3H3. The molecule has 0 aliphatic carbocycles. The first-order valence-corrected chi connectivity index (χ1v) is 4.07. The Balaban J connectivity index is 3.39. The van der Waals surface area contributed by atoms with Crippen molar-refractivity contribution in [3.63, 3.8) is 0 Å². The van der Waals surface area contributed by atoms with Crippen molar-refractivity contribution in [2.75, 3.05) is 7.11 Å². The van der Waals surface area contributed by atoms with Crippen molar-refractivity contribution in [2.45, 2.75) is 20.3 Å². The van der Waals surface area contributed by atoms with E-state index >= 15 is 0 Å². The van der Waals surface area contributed by atoms with E-state index in [2.05, 4.69) is 4.98 Å². The molecule has 4 nitrogen and oxygen atoms in total. The second kappa shape index (κ2) is 3.51. The van der Waals surface area contributed by atoms with Gasteiger partial charge in [0.1, 0.15) is 0 Å². The van der Waals surface area contributed by atoms with Gasteiger partial charge in [0.2, 0.25) is 5.75 Å². The van der Waals surface area contributed by atoms with Crippen molar-refractivity contribution in [1.82, 2.24) is 4.98 Å². The Morgan fingerprint density at radius 1 is 1.31 bits per heavy atom. The second-order valence-corrected chi connectivity index (χ2v) is 2.73. The number of rotatable bonds is 2. The monoisotopic (exact) mass is 183 g/mol. The zero-order valence-corrected chi connectivity index (χ0v) is 7.96. The number of aryl methyl sites for hydroxylation is 2. The highest BCUT2D eigenvalue weighted by molar-refractivity contribution is 5.53. The summed E-state index contributed by atoms with van der Waals surface area (Å²) in [5.74, 6) is -0.0744. The molecule has 0 bridgehead atoms. The van der Waals surface area contributed by atoms with Crippen LogP contribution < -0.4 is 4.74 Å².